The van der Waals surface area contributed by atoms with Crippen LogP contribution in [-0.4, -0.2) is 39.9 Å². The van der Waals surface area contributed by atoms with Gasteiger partial charge in [0.15, 0.2) is 0 Å². The number of likely N-dealkylation sites (tertiary alicyclic amines) is 1. The second-order valence-electron chi connectivity index (χ2n) is 8.30. The monoisotopic (exact) mass is 412 g/mol. The Hall–Kier alpha value is -2.14. The Morgan fingerprint density at radius 3 is 2.79 bits per heavy atom. The van der Waals surface area contributed by atoms with Gasteiger partial charge in [-0.25, -0.2) is 9.97 Å². The fraction of sp³-hybridized carbons (Fsp3) is 0.522. The van der Waals surface area contributed by atoms with E-state index in [4.69, 9.17) is 16.6 Å². The van der Waals surface area contributed by atoms with Gasteiger partial charge in [-0.1, -0.05) is 49.1 Å². The SMILES string of the molecule is CC(=O)N1CCC[C@H](Nc2ncc(Cl)c(-c3cccc(C4CCCCC4)c3)n2)C1. The van der Waals surface area contributed by atoms with E-state index in [1.807, 2.05) is 4.90 Å². The zero-order valence-electron chi connectivity index (χ0n) is 17.0. The molecule has 6 heteroatoms. The molecule has 0 spiro atoms. The van der Waals surface area contributed by atoms with Gasteiger partial charge >= 0.3 is 0 Å². The zero-order valence-corrected chi connectivity index (χ0v) is 17.8. The minimum atomic E-state index is 0.119. The zero-order chi connectivity index (χ0) is 20.2. The maximum Gasteiger partial charge on any atom is 0.223 e. The summed E-state index contributed by atoms with van der Waals surface area (Å²) in [6, 6.07) is 8.81. The van der Waals surface area contributed by atoms with Crippen LogP contribution in [0.1, 0.15) is 63.4 Å². The normalized spacial score (nSPS) is 20.5. The van der Waals surface area contributed by atoms with E-state index in [9.17, 15) is 4.79 Å². The quantitative estimate of drug-likeness (QED) is 0.743. The first-order valence-electron chi connectivity index (χ1n) is 10.7. The Morgan fingerprint density at radius 2 is 2.00 bits per heavy atom. The third kappa shape index (κ3) is 4.89. The van der Waals surface area contributed by atoms with Crippen LogP contribution in [0.3, 0.4) is 0 Å². The number of halogens is 1. The number of carbonyl (C=O) groups is 1. The molecule has 5 nitrogen and oxygen atoms in total. The number of nitrogens with zero attached hydrogens (tertiary/aromatic N) is 3. The van der Waals surface area contributed by atoms with E-state index in [0.29, 0.717) is 23.4 Å². The van der Waals surface area contributed by atoms with E-state index in [0.717, 1.165) is 30.6 Å². The summed E-state index contributed by atoms with van der Waals surface area (Å²) in [5, 5.41) is 3.97. The molecule has 1 aliphatic heterocycles. The fourth-order valence-electron chi connectivity index (χ4n) is 4.58. The maximum atomic E-state index is 11.7. The van der Waals surface area contributed by atoms with Gasteiger partial charge < -0.3 is 10.2 Å². The molecule has 1 aromatic carbocycles. The van der Waals surface area contributed by atoms with Gasteiger partial charge in [0.1, 0.15) is 0 Å². The third-order valence-electron chi connectivity index (χ3n) is 6.18. The van der Waals surface area contributed by atoms with Crippen molar-refractivity contribution < 1.29 is 4.79 Å². The Bertz CT molecular complexity index is 866. The molecule has 2 heterocycles. The molecule has 29 heavy (non-hydrogen) atoms. The van der Waals surface area contributed by atoms with Crippen molar-refractivity contribution in [2.24, 2.45) is 0 Å². The highest BCUT2D eigenvalue weighted by Crippen LogP contribution is 2.35. The molecule has 154 valence electrons. The minimum Gasteiger partial charge on any atom is -0.350 e. The highest BCUT2D eigenvalue weighted by molar-refractivity contribution is 6.32. The third-order valence-corrected chi connectivity index (χ3v) is 6.46. The van der Waals surface area contributed by atoms with Gasteiger partial charge in [0.2, 0.25) is 11.9 Å². The lowest BCUT2D eigenvalue weighted by atomic mass is 9.83. The lowest BCUT2D eigenvalue weighted by Crippen LogP contribution is -2.44. The van der Waals surface area contributed by atoms with Crippen LogP contribution >= 0.6 is 11.6 Å². The smallest absolute Gasteiger partial charge is 0.223 e. The number of aromatic nitrogens is 2. The second-order valence-corrected chi connectivity index (χ2v) is 8.71. The molecule has 4 rings (SSSR count). The standard InChI is InChI=1S/C23H29ClN4O/c1-16(29)28-12-6-11-20(15-28)26-23-25-14-21(24)22(27-23)19-10-5-9-18(13-19)17-7-3-2-4-8-17/h5,9-10,13-14,17,20H,2-4,6-8,11-12,15H2,1H3,(H,25,26,27)/t20-/m0/s1. The Balaban J connectivity index is 1.53. The molecule has 0 unspecified atom stereocenters. The summed E-state index contributed by atoms with van der Waals surface area (Å²) in [6.07, 6.45) is 10.2. The number of carbonyl (C=O) groups excluding carboxylic acids is 1. The average molecular weight is 413 g/mol. The van der Waals surface area contributed by atoms with Crippen LogP contribution < -0.4 is 5.32 Å². The number of piperidine rings is 1. The molecule has 0 radical (unpaired) electrons. The number of amides is 1. The second kappa shape index (κ2) is 9.12. The molecule has 1 amide bonds. The van der Waals surface area contributed by atoms with Gasteiger partial charge in [0.25, 0.3) is 0 Å². The van der Waals surface area contributed by atoms with Crippen LogP contribution in [0.2, 0.25) is 5.02 Å². The van der Waals surface area contributed by atoms with Gasteiger partial charge in [-0.2, -0.15) is 0 Å². The first-order chi connectivity index (χ1) is 14.1. The highest BCUT2D eigenvalue weighted by atomic mass is 35.5. The van der Waals surface area contributed by atoms with Gasteiger partial charge in [0.05, 0.1) is 16.9 Å². The van der Waals surface area contributed by atoms with Gasteiger partial charge in [-0.05, 0) is 43.2 Å². The first kappa shape index (κ1) is 20.1. The van der Waals surface area contributed by atoms with Crippen molar-refractivity contribution in [3.63, 3.8) is 0 Å². The topological polar surface area (TPSA) is 58.1 Å². The molecular formula is C23H29ClN4O. The van der Waals surface area contributed by atoms with Crippen LogP contribution in [0.4, 0.5) is 5.95 Å². The predicted molar refractivity (Wildman–Crippen MR) is 117 cm³/mol. The lowest BCUT2D eigenvalue weighted by Gasteiger charge is -2.32. The number of benzene rings is 1. The summed E-state index contributed by atoms with van der Waals surface area (Å²) in [4.78, 5) is 22.7. The summed E-state index contributed by atoms with van der Waals surface area (Å²) < 4.78 is 0. The first-order valence-corrected chi connectivity index (χ1v) is 11.1. The molecular weight excluding hydrogens is 384 g/mol. The van der Waals surface area contributed by atoms with Crippen LogP contribution in [0, 0.1) is 0 Å². The summed E-state index contributed by atoms with van der Waals surface area (Å²) in [5.41, 5.74) is 3.19. The number of hydrogen-bond acceptors (Lipinski definition) is 4. The molecule has 1 saturated heterocycles. The fourth-order valence-corrected chi connectivity index (χ4v) is 4.78. The lowest BCUT2D eigenvalue weighted by molar-refractivity contribution is -0.129. The van der Waals surface area contributed by atoms with E-state index in [1.54, 1.807) is 13.1 Å². The molecule has 1 N–H and O–H groups in total. The molecule has 0 bridgehead atoms. The van der Waals surface area contributed by atoms with E-state index >= 15 is 0 Å². The molecule has 1 atom stereocenters. The van der Waals surface area contributed by atoms with Crippen LogP contribution in [0.5, 0.6) is 0 Å². The number of rotatable bonds is 4. The molecule has 1 aliphatic carbocycles. The van der Waals surface area contributed by atoms with Crippen molar-refractivity contribution in [1.82, 2.24) is 14.9 Å². The van der Waals surface area contributed by atoms with Crippen LogP contribution in [0.15, 0.2) is 30.5 Å². The Kier molecular flexibility index (Phi) is 6.34. The van der Waals surface area contributed by atoms with Gasteiger partial charge in [-0.3, -0.25) is 4.79 Å². The van der Waals surface area contributed by atoms with E-state index in [2.05, 4.69) is 34.6 Å². The molecule has 2 fully saturated rings. The molecule has 2 aliphatic rings. The number of nitrogens with one attached hydrogen (secondary N) is 1. The number of anilines is 1. The minimum absolute atomic E-state index is 0.119. The van der Waals surface area contributed by atoms with Crippen LogP contribution in [-0.2, 0) is 4.79 Å². The summed E-state index contributed by atoms with van der Waals surface area (Å²) in [5.74, 6) is 1.33. The van der Waals surface area contributed by atoms with Crippen molar-refractivity contribution in [2.75, 3.05) is 18.4 Å². The highest BCUT2D eigenvalue weighted by Gasteiger charge is 2.22. The van der Waals surface area contributed by atoms with Crippen molar-refractivity contribution in [3.8, 4) is 11.3 Å². The van der Waals surface area contributed by atoms with Gasteiger partial charge in [-0.15, -0.1) is 0 Å². The van der Waals surface area contributed by atoms with Crippen molar-refractivity contribution >= 4 is 23.5 Å². The van der Waals surface area contributed by atoms with E-state index in [-0.39, 0.29) is 11.9 Å². The molecule has 1 aromatic heterocycles. The summed E-state index contributed by atoms with van der Waals surface area (Å²) in [7, 11) is 0. The largest absolute Gasteiger partial charge is 0.350 e. The Morgan fingerprint density at radius 1 is 1.17 bits per heavy atom. The van der Waals surface area contributed by atoms with Crippen molar-refractivity contribution in [1.29, 1.82) is 0 Å². The van der Waals surface area contributed by atoms with Crippen LogP contribution in [0.25, 0.3) is 11.3 Å². The van der Waals surface area contributed by atoms with Crippen molar-refractivity contribution in [2.45, 2.75) is 63.8 Å². The number of hydrogen-bond donors (Lipinski definition) is 1. The predicted octanol–water partition coefficient (Wildman–Crippen LogP) is 5.27. The van der Waals surface area contributed by atoms with E-state index in [1.165, 1.54) is 37.7 Å². The average Bonchev–Trinajstić information content (AvgIpc) is 2.76. The van der Waals surface area contributed by atoms with Crippen molar-refractivity contribution in [3.05, 3.63) is 41.0 Å². The Labute approximate surface area is 177 Å². The van der Waals surface area contributed by atoms with Gasteiger partial charge in [0, 0.05) is 31.6 Å². The molecule has 2 aromatic rings. The summed E-state index contributed by atoms with van der Waals surface area (Å²) >= 11 is 6.47. The summed E-state index contributed by atoms with van der Waals surface area (Å²) in [6.45, 7) is 3.14. The van der Waals surface area contributed by atoms with E-state index < -0.39 is 0 Å². The molecule has 1 saturated carbocycles. The maximum absolute atomic E-state index is 11.7.